The molecular formula is C9H16N2O2. The lowest BCUT2D eigenvalue weighted by Gasteiger charge is -2.37. The Kier molecular flexibility index (Phi) is 2.51. The van der Waals surface area contributed by atoms with Crippen LogP contribution in [0.3, 0.4) is 0 Å². The van der Waals surface area contributed by atoms with Gasteiger partial charge < -0.3 is 10.0 Å². The Bertz CT molecular complexity index is 208. The summed E-state index contributed by atoms with van der Waals surface area (Å²) in [7, 11) is 0. The Morgan fingerprint density at radius 3 is 3.00 bits per heavy atom. The highest BCUT2D eigenvalue weighted by Gasteiger charge is 2.31. The van der Waals surface area contributed by atoms with Crippen molar-refractivity contribution in [1.29, 1.82) is 0 Å². The first-order chi connectivity index (χ1) is 6.31. The summed E-state index contributed by atoms with van der Waals surface area (Å²) in [6.07, 6.45) is 2.46. The molecule has 2 heterocycles. The van der Waals surface area contributed by atoms with Crippen molar-refractivity contribution in [3.63, 3.8) is 0 Å². The van der Waals surface area contributed by atoms with Crippen molar-refractivity contribution in [3.8, 4) is 0 Å². The van der Waals surface area contributed by atoms with Crippen LogP contribution in [0.25, 0.3) is 0 Å². The van der Waals surface area contributed by atoms with Crippen LogP contribution in [0.4, 0.5) is 0 Å². The number of fused-ring (bicyclic) bond motifs is 1. The molecular weight excluding hydrogens is 168 g/mol. The quantitative estimate of drug-likeness (QED) is 0.585. The van der Waals surface area contributed by atoms with Crippen molar-refractivity contribution in [3.05, 3.63) is 0 Å². The molecule has 4 nitrogen and oxygen atoms in total. The van der Waals surface area contributed by atoms with Crippen LogP contribution < -0.4 is 0 Å². The van der Waals surface area contributed by atoms with Gasteiger partial charge in [0.1, 0.15) is 6.61 Å². The van der Waals surface area contributed by atoms with Gasteiger partial charge in [-0.05, 0) is 19.4 Å². The van der Waals surface area contributed by atoms with Gasteiger partial charge in [0.15, 0.2) is 0 Å². The summed E-state index contributed by atoms with van der Waals surface area (Å²) in [6.45, 7) is 3.43. The molecule has 1 N–H and O–H groups in total. The van der Waals surface area contributed by atoms with E-state index in [1.807, 2.05) is 0 Å². The number of aliphatic hydroxyl groups is 1. The number of aliphatic hydroxyl groups excluding tert-OH is 1. The van der Waals surface area contributed by atoms with Crippen LogP contribution in [-0.2, 0) is 4.79 Å². The van der Waals surface area contributed by atoms with Crippen LogP contribution in [0.15, 0.2) is 0 Å². The monoisotopic (exact) mass is 184 g/mol. The van der Waals surface area contributed by atoms with Gasteiger partial charge in [-0.3, -0.25) is 9.69 Å². The third kappa shape index (κ3) is 1.69. The second-order valence-corrected chi connectivity index (χ2v) is 3.83. The zero-order chi connectivity index (χ0) is 9.26. The highest BCUT2D eigenvalue weighted by Crippen LogP contribution is 2.21. The molecule has 0 spiro atoms. The number of hydrogen-bond donors (Lipinski definition) is 1. The first-order valence-electron chi connectivity index (χ1n) is 4.94. The van der Waals surface area contributed by atoms with E-state index in [0.717, 1.165) is 19.6 Å². The summed E-state index contributed by atoms with van der Waals surface area (Å²) in [6, 6.07) is 0.559. The lowest BCUT2D eigenvalue weighted by molar-refractivity contribution is -0.136. The van der Waals surface area contributed by atoms with Crippen LogP contribution in [0.5, 0.6) is 0 Å². The number of hydrogen-bond acceptors (Lipinski definition) is 3. The molecule has 0 aliphatic carbocycles. The van der Waals surface area contributed by atoms with Crippen molar-refractivity contribution in [2.75, 3.05) is 32.8 Å². The number of amides is 1. The summed E-state index contributed by atoms with van der Waals surface area (Å²) in [5.41, 5.74) is 0. The van der Waals surface area contributed by atoms with Crippen LogP contribution >= 0.6 is 0 Å². The van der Waals surface area contributed by atoms with E-state index in [1.54, 1.807) is 4.90 Å². The number of nitrogens with zero attached hydrogens (tertiary/aromatic N) is 2. The highest BCUT2D eigenvalue weighted by atomic mass is 16.3. The van der Waals surface area contributed by atoms with Crippen LogP contribution in [0.2, 0.25) is 0 Å². The maximum atomic E-state index is 11.2. The number of rotatable bonds is 1. The molecule has 0 radical (unpaired) electrons. The van der Waals surface area contributed by atoms with Crippen LogP contribution in [-0.4, -0.2) is 59.6 Å². The Hall–Kier alpha value is -0.610. The fraction of sp³-hybridized carbons (Fsp3) is 0.889. The summed E-state index contributed by atoms with van der Waals surface area (Å²) in [5.74, 6) is -0.119. The Labute approximate surface area is 78.1 Å². The van der Waals surface area contributed by atoms with Gasteiger partial charge in [-0.15, -0.1) is 0 Å². The lowest BCUT2D eigenvalue weighted by atomic mass is 10.1. The van der Waals surface area contributed by atoms with Gasteiger partial charge in [0.05, 0.1) is 0 Å². The minimum atomic E-state index is -0.341. The van der Waals surface area contributed by atoms with Gasteiger partial charge in [-0.2, -0.15) is 0 Å². The maximum Gasteiger partial charge on any atom is 0.248 e. The minimum absolute atomic E-state index is 0.119. The highest BCUT2D eigenvalue weighted by molar-refractivity contribution is 5.77. The molecule has 4 heteroatoms. The van der Waals surface area contributed by atoms with Crippen molar-refractivity contribution in [1.82, 2.24) is 9.80 Å². The standard InChI is InChI=1S/C9H16N2O2/c12-7-9(13)11-5-4-10-3-1-2-8(10)6-11/h8,12H,1-7H2. The Morgan fingerprint density at radius 2 is 2.23 bits per heavy atom. The average Bonchev–Trinajstić information content (AvgIpc) is 2.63. The lowest BCUT2D eigenvalue weighted by Crippen LogP contribution is -2.52. The molecule has 1 atom stereocenters. The van der Waals surface area contributed by atoms with Crippen LogP contribution in [0.1, 0.15) is 12.8 Å². The zero-order valence-electron chi connectivity index (χ0n) is 7.78. The molecule has 0 aromatic carbocycles. The van der Waals surface area contributed by atoms with Crippen molar-refractivity contribution >= 4 is 5.91 Å². The SMILES string of the molecule is O=C(CO)N1CCN2CCCC2C1. The third-order valence-corrected chi connectivity index (χ3v) is 3.08. The molecule has 0 aromatic heterocycles. The first kappa shape index (κ1) is 8.97. The van der Waals surface area contributed by atoms with E-state index in [0.29, 0.717) is 6.04 Å². The van der Waals surface area contributed by atoms with E-state index in [2.05, 4.69) is 4.90 Å². The summed E-state index contributed by atoms with van der Waals surface area (Å²) >= 11 is 0. The van der Waals surface area contributed by atoms with Gasteiger partial charge in [0.2, 0.25) is 5.91 Å². The molecule has 2 aliphatic rings. The molecule has 2 fully saturated rings. The van der Waals surface area contributed by atoms with Gasteiger partial charge in [-0.1, -0.05) is 0 Å². The molecule has 0 bridgehead atoms. The molecule has 2 saturated heterocycles. The summed E-state index contributed by atoms with van der Waals surface area (Å²) in [5, 5.41) is 8.72. The minimum Gasteiger partial charge on any atom is -0.387 e. The van der Waals surface area contributed by atoms with Crippen molar-refractivity contribution in [2.24, 2.45) is 0 Å². The molecule has 74 valence electrons. The van der Waals surface area contributed by atoms with Crippen LogP contribution in [0, 0.1) is 0 Å². The molecule has 1 amide bonds. The summed E-state index contributed by atoms with van der Waals surface area (Å²) < 4.78 is 0. The molecule has 2 aliphatic heterocycles. The van der Waals surface area contributed by atoms with Gasteiger partial charge in [0, 0.05) is 25.7 Å². The number of piperazine rings is 1. The molecule has 13 heavy (non-hydrogen) atoms. The second-order valence-electron chi connectivity index (χ2n) is 3.83. The van der Waals surface area contributed by atoms with E-state index in [4.69, 9.17) is 5.11 Å². The largest absolute Gasteiger partial charge is 0.387 e. The fourth-order valence-electron chi connectivity index (χ4n) is 2.32. The van der Waals surface area contributed by atoms with E-state index >= 15 is 0 Å². The normalized spacial score (nSPS) is 29.0. The molecule has 1 unspecified atom stereocenters. The molecule has 2 rings (SSSR count). The zero-order valence-corrected chi connectivity index (χ0v) is 7.78. The van der Waals surface area contributed by atoms with E-state index in [9.17, 15) is 4.79 Å². The third-order valence-electron chi connectivity index (χ3n) is 3.08. The molecule has 0 aromatic rings. The second kappa shape index (κ2) is 3.64. The van der Waals surface area contributed by atoms with E-state index in [-0.39, 0.29) is 12.5 Å². The topological polar surface area (TPSA) is 43.8 Å². The Morgan fingerprint density at radius 1 is 1.38 bits per heavy atom. The van der Waals surface area contributed by atoms with E-state index < -0.39 is 0 Å². The number of carbonyl (C=O) groups is 1. The average molecular weight is 184 g/mol. The smallest absolute Gasteiger partial charge is 0.248 e. The fourth-order valence-corrected chi connectivity index (χ4v) is 2.32. The Balaban J connectivity index is 1.93. The first-order valence-corrected chi connectivity index (χ1v) is 4.94. The van der Waals surface area contributed by atoms with Gasteiger partial charge >= 0.3 is 0 Å². The number of carbonyl (C=O) groups excluding carboxylic acids is 1. The molecule has 0 saturated carbocycles. The van der Waals surface area contributed by atoms with Crippen molar-refractivity contribution < 1.29 is 9.90 Å². The van der Waals surface area contributed by atoms with Crippen molar-refractivity contribution in [2.45, 2.75) is 18.9 Å². The van der Waals surface area contributed by atoms with Gasteiger partial charge in [0.25, 0.3) is 0 Å². The predicted octanol–water partition coefficient (Wildman–Crippen LogP) is -0.715. The summed E-state index contributed by atoms with van der Waals surface area (Å²) in [4.78, 5) is 15.4. The predicted molar refractivity (Wildman–Crippen MR) is 48.3 cm³/mol. The van der Waals surface area contributed by atoms with E-state index in [1.165, 1.54) is 19.4 Å². The maximum absolute atomic E-state index is 11.2. The van der Waals surface area contributed by atoms with Gasteiger partial charge in [-0.25, -0.2) is 0 Å².